The molecule has 3 fully saturated rings. The average Bonchev–Trinajstić information content (AvgIpc) is 3.36. The molecule has 2 saturated carbocycles. The largest absolute Gasteiger partial charge is 0.460 e. The van der Waals surface area contributed by atoms with Crippen LogP contribution in [0.2, 0.25) is 0 Å². The summed E-state index contributed by atoms with van der Waals surface area (Å²) in [5.74, 6) is -8.84. The molecule has 4 aromatic carbocycles. The lowest BCUT2D eigenvalue weighted by Crippen LogP contribution is -2.82. The molecule has 0 radical (unpaired) electrons. The van der Waals surface area contributed by atoms with Gasteiger partial charge < -0.3 is 44.0 Å². The fraction of sp³-hybridized carbons (Fsp3) is 0.389. The summed E-state index contributed by atoms with van der Waals surface area (Å²) in [7, 11) is 0. The van der Waals surface area contributed by atoms with Crippen molar-refractivity contribution >= 4 is 53.1 Å². The van der Waals surface area contributed by atoms with Gasteiger partial charge >= 0.3 is 29.8 Å². The molecule has 1 heterocycles. The van der Waals surface area contributed by atoms with Gasteiger partial charge in [0.2, 0.25) is 0 Å². The van der Waals surface area contributed by atoms with Crippen LogP contribution < -0.4 is 5.32 Å². The second kappa shape index (κ2) is 19.8. The smallest absolute Gasteiger partial charge is 0.339 e. The Bertz CT molecular complexity index is 2740. The fourth-order valence-corrected chi connectivity index (χ4v) is 11.2. The van der Waals surface area contributed by atoms with E-state index in [-0.39, 0.29) is 40.9 Å². The minimum Gasteiger partial charge on any atom is -0.460 e. The van der Waals surface area contributed by atoms with Gasteiger partial charge in [-0.2, -0.15) is 0 Å². The Labute approximate surface area is 414 Å². The third kappa shape index (κ3) is 9.02. The number of carbonyl (C=O) groups excluding carboxylic acids is 7. The summed E-state index contributed by atoms with van der Waals surface area (Å²) >= 11 is 6.01. The maximum atomic E-state index is 16.3. The molecule has 3 N–H and O–H groups in total. The number of ether oxygens (including phenoxy) is 6. The van der Waals surface area contributed by atoms with E-state index in [1.165, 1.54) is 38.1 Å². The number of fused-ring (bicyclic) bond motifs is 5. The summed E-state index contributed by atoms with van der Waals surface area (Å²) in [6.45, 7) is 6.77. The van der Waals surface area contributed by atoms with E-state index in [2.05, 4.69) is 5.32 Å². The fourth-order valence-electron chi connectivity index (χ4n) is 11.1. The summed E-state index contributed by atoms with van der Waals surface area (Å²) in [6.07, 6.45) is -11.0. The van der Waals surface area contributed by atoms with E-state index >= 15 is 4.79 Å². The monoisotopic (exact) mass is 991 g/mol. The maximum Gasteiger partial charge on any atom is 0.339 e. The zero-order valence-corrected chi connectivity index (χ0v) is 40.3. The number of carbonyl (C=O) groups is 7. The molecule has 1 aliphatic heterocycles. The Hall–Kier alpha value is -6.72. The zero-order chi connectivity index (χ0) is 51.0. The highest BCUT2D eigenvalue weighted by atomic mass is 35.5. The summed E-state index contributed by atoms with van der Waals surface area (Å²) < 4.78 is 37.3. The van der Waals surface area contributed by atoms with Crippen LogP contribution in [0.3, 0.4) is 0 Å². The van der Waals surface area contributed by atoms with Gasteiger partial charge in [0, 0.05) is 30.7 Å². The normalized spacial score (nSPS) is 29.2. The molecular weight excluding hydrogens is 938 g/mol. The van der Waals surface area contributed by atoms with Gasteiger partial charge in [0.25, 0.3) is 5.91 Å². The number of aliphatic hydroxyl groups is 2. The summed E-state index contributed by atoms with van der Waals surface area (Å²) in [6, 6.07) is 30.5. The van der Waals surface area contributed by atoms with Crippen molar-refractivity contribution in [2.24, 2.45) is 16.7 Å². The van der Waals surface area contributed by atoms with Crippen LogP contribution in [-0.2, 0) is 47.6 Å². The number of alkyl halides is 1. The molecule has 372 valence electrons. The highest BCUT2D eigenvalue weighted by molar-refractivity contribution is 6.26. The van der Waals surface area contributed by atoms with Crippen LogP contribution in [0.5, 0.6) is 0 Å². The van der Waals surface area contributed by atoms with Crippen LogP contribution in [0.1, 0.15) is 90.1 Å². The van der Waals surface area contributed by atoms with Crippen LogP contribution in [0.25, 0.3) is 0 Å². The van der Waals surface area contributed by atoms with Gasteiger partial charge in [-0.05, 0) is 67.0 Å². The lowest BCUT2D eigenvalue weighted by atomic mass is 9.44. The first-order chi connectivity index (χ1) is 33.8. The lowest BCUT2D eigenvalue weighted by molar-refractivity contribution is -0.346. The number of benzene rings is 4. The SMILES string of the molecule is CC(=O)O[C@@]12CO[C@@H]1C[C@H](OC(=O)CCl)[C@@]1(C)C(=O)[C@H](OC(=O)c3ccccc3)C3=C(C)[C@@H](OC(=O)[C@H](O)[C@@H](NC(=O)c4ccccc4)c4ccccc4)C[C@@](O)([C@@H](OC(=O)c4ccccc4)[C@H]21)C3(C)C. The minimum atomic E-state index is -2.50. The molecule has 2 bridgehead atoms. The molecule has 4 aliphatic rings. The maximum absolute atomic E-state index is 16.3. The van der Waals surface area contributed by atoms with Gasteiger partial charge in [-0.1, -0.05) is 98.8 Å². The zero-order valence-electron chi connectivity index (χ0n) is 39.6. The van der Waals surface area contributed by atoms with Crippen molar-refractivity contribution in [1.82, 2.24) is 5.32 Å². The summed E-state index contributed by atoms with van der Waals surface area (Å²) in [5.41, 5.74) is -7.65. The number of hydrogen-bond donors (Lipinski definition) is 3. The van der Waals surface area contributed by atoms with Gasteiger partial charge in [-0.15, -0.1) is 11.6 Å². The van der Waals surface area contributed by atoms with Crippen molar-refractivity contribution < 1.29 is 72.2 Å². The molecule has 0 unspecified atom stereocenters. The second-order valence-electron chi connectivity index (χ2n) is 19.1. The third-order valence-corrected chi connectivity index (χ3v) is 15.0. The van der Waals surface area contributed by atoms with E-state index < -0.39 is 124 Å². The molecule has 4 aromatic rings. The molecule has 11 atom stereocenters. The Morgan fingerprint density at radius 3 is 1.83 bits per heavy atom. The van der Waals surface area contributed by atoms with Gasteiger partial charge in [0.05, 0.1) is 35.1 Å². The van der Waals surface area contributed by atoms with Crippen molar-refractivity contribution in [1.29, 1.82) is 0 Å². The molecule has 17 heteroatoms. The molecule has 0 aromatic heterocycles. The highest BCUT2D eigenvalue weighted by Crippen LogP contribution is 2.65. The summed E-state index contributed by atoms with van der Waals surface area (Å²) in [4.78, 5) is 100. The number of Topliss-reactive ketones (excluding diaryl/α,β-unsaturated/α-hetero) is 1. The molecule has 16 nitrogen and oxygen atoms in total. The van der Waals surface area contributed by atoms with Gasteiger partial charge in [-0.25, -0.2) is 14.4 Å². The van der Waals surface area contributed by atoms with Gasteiger partial charge in [-0.3, -0.25) is 19.2 Å². The van der Waals surface area contributed by atoms with Crippen LogP contribution in [0.15, 0.2) is 132 Å². The predicted molar refractivity (Wildman–Crippen MR) is 252 cm³/mol. The number of rotatable bonds is 13. The first-order valence-corrected chi connectivity index (χ1v) is 23.7. The Morgan fingerprint density at radius 1 is 0.775 bits per heavy atom. The van der Waals surface area contributed by atoms with E-state index in [1.54, 1.807) is 111 Å². The van der Waals surface area contributed by atoms with Crippen molar-refractivity contribution in [3.63, 3.8) is 0 Å². The van der Waals surface area contributed by atoms with Crippen molar-refractivity contribution in [2.75, 3.05) is 12.5 Å². The van der Waals surface area contributed by atoms with Crippen LogP contribution in [0.4, 0.5) is 0 Å². The van der Waals surface area contributed by atoms with E-state index in [0.29, 0.717) is 5.56 Å². The van der Waals surface area contributed by atoms with Crippen LogP contribution >= 0.6 is 11.6 Å². The molecule has 3 aliphatic carbocycles. The molecule has 71 heavy (non-hydrogen) atoms. The second-order valence-corrected chi connectivity index (χ2v) is 19.4. The number of ketones is 1. The van der Waals surface area contributed by atoms with Gasteiger partial charge in [0.1, 0.15) is 35.9 Å². The van der Waals surface area contributed by atoms with E-state index in [9.17, 15) is 39.0 Å². The number of aliphatic hydroxyl groups excluding tert-OH is 1. The Kier molecular flexibility index (Phi) is 14.1. The molecule has 1 amide bonds. The Morgan fingerprint density at radius 2 is 1.31 bits per heavy atom. The van der Waals surface area contributed by atoms with E-state index in [4.69, 9.17) is 40.0 Å². The highest BCUT2D eigenvalue weighted by Gasteiger charge is 2.79. The first-order valence-electron chi connectivity index (χ1n) is 23.1. The summed E-state index contributed by atoms with van der Waals surface area (Å²) in [5, 5.41) is 28.8. The Balaban J connectivity index is 1.33. The molecular formula is C54H54ClNO15. The van der Waals surface area contributed by atoms with Crippen molar-refractivity contribution in [3.8, 4) is 0 Å². The molecule has 1 saturated heterocycles. The molecule has 0 spiro atoms. The van der Waals surface area contributed by atoms with Crippen molar-refractivity contribution in [2.45, 2.75) is 101 Å². The first kappa shape index (κ1) is 50.7. The quantitative estimate of drug-likeness (QED) is 0.0621. The molecule has 8 rings (SSSR count). The topological polar surface area (TPSA) is 227 Å². The number of nitrogens with one attached hydrogen (secondary N) is 1. The predicted octanol–water partition coefficient (Wildman–Crippen LogP) is 5.82. The number of hydrogen-bond acceptors (Lipinski definition) is 15. The standard InChI is InChI=1S/C54H54ClNO15/c1-30-36(67-50(64)42(59)41(32-18-10-6-11-19-32)56-47(61)33-20-12-7-13-21-33)27-54(65)46(70-49(63)35-24-16-9-17-25-35)44-52(5,37(68-39(58)28-55)26-38-53(44,29-66-38)71-31(2)57)45(60)43(40(30)51(54,3)4)69-48(62)34-22-14-8-15-23-34/h6-25,36-38,41-44,46,59,65H,26-29H2,1-5H3,(H,56,61)/t36-,37-,38+,41-,42+,43+,44-,46-,52+,53-,54+/m0/s1. The lowest BCUT2D eigenvalue weighted by Gasteiger charge is -2.67. The van der Waals surface area contributed by atoms with Gasteiger partial charge in [0.15, 0.2) is 23.6 Å². The average molecular weight is 992 g/mol. The van der Waals surface area contributed by atoms with E-state index in [0.717, 1.165) is 6.92 Å². The minimum absolute atomic E-state index is 0.0286. The third-order valence-electron chi connectivity index (χ3n) is 14.8. The van der Waals surface area contributed by atoms with Crippen LogP contribution in [-0.4, -0.2) is 112 Å². The van der Waals surface area contributed by atoms with Crippen LogP contribution in [0, 0.1) is 16.7 Å². The van der Waals surface area contributed by atoms with E-state index in [1.807, 2.05) is 0 Å². The number of amides is 1. The number of esters is 5. The van der Waals surface area contributed by atoms with Crippen molar-refractivity contribution in [3.05, 3.63) is 155 Å². The number of halogens is 1.